The molecule has 8 nitrogen and oxygen atoms in total. The molecule has 32 heavy (non-hydrogen) atoms. The summed E-state index contributed by atoms with van der Waals surface area (Å²) in [5.41, 5.74) is 2.70. The van der Waals surface area contributed by atoms with E-state index in [2.05, 4.69) is 16.5 Å². The molecule has 4 rings (SSSR count). The van der Waals surface area contributed by atoms with Crippen LogP contribution in [0.1, 0.15) is 60.9 Å². The molecule has 1 unspecified atom stereocenters. The fourth-order valence-electron chi connectivity index (χ4n) is 4.81. The zero-order chi connectivity index (χ0) is 22.6. The Morgan fingerprint density at radius 1 is 1.31 bits per heavy atom. The summed E-state index contributed by atoms with van der Waals surface area (Å²) < 4.78 is 16.6. The van der Waals surface area contributed by atoms with Crippen molar-refractivity contribution in [2.24, 2.45) is 0 Å². The number of amides is 2. The number of benzene rings is 1. The second-order valence-electron chi connectivity index (χ2n) is 9.14. The number of anilines is 1. The van der Waals surface area contributed by atoms with Gasteiger partial charge in [0, 0.05) is 51.6 Å². The number of nitrogens with zero attached hydrogens (tertiary/aromatic N) is 3. The van der Waals surface area contributed by atoms with Crippen LogP contribution in [0.5, 0.6) is 0 Å². The van der Waals surface area contributed by atoms with Gasteiger partial charge >= 0.3 is 6.03 Å². The minimum atomic E-state index is -0.374. The molecule has 0 radical (unpaired) electrons. The van der Waals surface area contributed by atoms with Gasteiger partial charge in [-0.05, 0) is 57.6 Å². The van der Waals surface area contributed by atoms with Crippen molar-refractivity contribution in [3.05, 3.63) is 41.0 Å². The standard InChI is InChI=1S/C24H34N4O4/c1-17-5-6-20(18(2)15-17)25-23(29)28-11-4-9-24(16-28,10-14-30-3)22-26-21(32-27-22)19-7-12-31-13-8-19/h5-6,15,19H,4,7-14,16H2,1-3H3,(H,25,29). The Kier molecular flexibility index (Phi) is 7.10. The summed E-state index contributed by atoms with van der Waals surface area (Å²) in [5.74, 6) is 1.63. The smallest absolute Gasteiger partial charge is 0.321 e. The zero-order valence-corrected chi connectivity index (χ0v) is 19.4. The number of hydrogen-bond acceptors (Lipinski definition) is 6. The van der Waals surface area contributed by atoms with Crippen molar-refractivity contribution in [2.75, 3.05) is 45.3 Å². The molecule has 8 heteroatoms. The van der Waals surface area contributed by atoms with Crippen molar-refractivity contribution in [3.63, 3.8) is 0 Å². The molecule has 0 bridgehead atoms. The Bertz CT molecular complexity index is 924. The molecule has 1 N–H and O–H groups in total. The van der Waals surface area contributed by atoms with Gasteiger partial charge in [-0.15, -0.1) is 0 Å². The first-order valence-electron chi connectivity index (χ1n) is 11.5. The van der Waals surface area contributed by atoms with E-state index >= 15 is 0 Å². The molecule has 2 saturated heterocycles. The molecule has 2 aromatic rings. The minimum absolute atomic E-state index is 0.0911. The highest BCUT2D eigenvalue weighted by Gasteiger charge is 2.42. The Labute approximate surface area is 189 Å². The number of nitrogens with one attached hydrogen (secondary N) is 1. The number of aryl methyl sites for hydroxylation is 2. The van der Waals surface area contributed by atoms with E-state index in [1.165, 1.54) is 5.56 Å². The number of methoxy groups -OCH3 is 1. The third-order valence-corrected chi connectivity index (χ3v) is 6.76. The molecule has 0 saturated carbocycles. The second kappa shape index (κ2) is 10.0. The highest BCUT2D eigenvalue weighted by atomic mass is 16.5. The van der Waals surface area contributed by atoms with Crippen LogP contribution >= 0.6 is 0 Å². The quantitative estimate of drug-likeness (QED) is 0.722. The summed E-state index contributed by atoms with van der Waals surface area (Å²) in [6.45, 7) is 7.34. The monoisotopic (exact) mass is 442 g/mol. The van der Waals surface area contributed by atoms with Gasteiger partial charge in [-0.1, -0.05) is 22.9 Å². The van der Waals surface area contributed by atoms with Crippen LogP contribution in [0.2, 0.25) is 0 Å². The lowest BCUT2D eigenvalue weighted by molar-refractivity contribution is 0.0778. The predicted molar refractivity (Wildman–Crippen MR) is 121 cm³/mol. The second-order valence-corrected chi connectivity index (χ2v) is 9.14. The number of piperidine rings is 1. The molecule has 3 heterocycles. The van der Waals surface area contributed by atoms with Crippen molar-refractivity contribution in [2.45, 2.75) is 57.3 Å². The van der Waals surface area contributed by atoms with Crippen LogP contribution < -0.4 is 5.32 Å². The zero-order valence-electron chi connectivity index (χ0n) is 19.4. The largest absolute Gasteiger partial charge is 0.385 e. The molecule has 1 aromatic carbocycles. The van der Waals surface area contributed by atoms with Gasteiger partial charge in [0.15, 0.2) is 5.82 Å². The van der Waals surface area contributed by atoms with Gasteiger partial charge in [0.2, 0.25) is 5.89 Å². The van der Waals surface area contributed by atoms with Crippen molar-refractivity contribution in [1.82, 2.24) is 15.0 Å². The fraction of sp³-hybridized carbons (Fsp3) is 0.625. The summed E-state index contributed by atoms with van der Waals surface area (Å²) in [4.78, 5) is 19.9. The van der Waals surface area contributed by atoms with Gasteiger partial charge in [0.25, 0.3) is 0 Å². The summed E-state index contributed by atoms with van der Waals surface area (Å²) in [7, 11) is 1.70. The SMILES string of the molecule is COCCC1(c2noc(C3CCOCC3)n2)CCCN(C(=O)Nc2ccc(C)cc2C)C1. The molecular formula is C24H34N4O4. The number of hydrogen-bond donors (Lipinski definition) is 1. The van der Waals surface area contributed by atoms with Crippen molar-refractivity contribution >= 4 is 11.7 Å². The molecule has 2 aliphatic rings. The van der Waals surface area contributed by atoms with E-state index in [1.54, 1.807) is 7.11 Å². The fourth-order valence-corrected chi connectivity index (χ4v) is 4.81. The first-order chi connectivity index (χ1) is 15.5. The van der Waals surface area contributed by atoms with E-state index in [4.69, 9.17) is 19.0 Å². The Morgan fingerprint density at radius 2 is 2.12 bits per heavy atom. The molecule has 2 fully saturated rings. The number of ether oxygens (including phenoxy) is 2. The van der Waals surface area contributed by atoms with Gasteiger partial charge in [-0.25, -0.2) is 4.79 Å². The Morgan fingerprint density at radius 3 is 2.88 bits per heavy atom. The van der Waals surface area contributed by atoms with Gasteiger partial charge in [0.05, 0.1) is 5.41 Å². The van der Waals surface area contributed by atoms with E-state index in [-0.39, 0.29) is 17.4 Å². The van der Waals surface area contributed by atoms with Gasteiger partial charge < -0.3 is 24.2 Å². The maximum atomic E-state index is 13.2. The molecule has 2 aliphatic heterocycles. The van der Waals surface area contributed by atoms with E-state index in [9.17, 15) is 4.79 Å². The first-order valence-corrected chi connectivity index (χ1v) is 11.5. The molecule has 174 valence electrons. The lowest BCUT2D eigenvalue weighted by Crippen LogP contribution is -2.50. The Hall–Kier alpha value is -2.45. The van der Waals surface area contributed by atoms with Gasteiger partial charge in [-0.2, -0.15) is 4.98 Å². The summed E-state index contributed by atoms with van der Waals surface area (Å²) in [5, 5.41) is 7.49. The molecular weight excluding hydrogens is 408 g/mol. The first kappa shape index (κ1) is 22.7. The topological polar surface area (TPSA) is 89.7 Å². The highest BCUT2D eigenvalue weighted by molar-refractivity contribution is 5.90. The van der Waals surface area contributed by atoms with E-state index in [0.717, 1.165) is 56.6 Å². The summed E-state index contributed by atoms with van der Waals surface area (Å²) >= 11 is 0. The van der Waals surface area contributed by atoms with Crippen LogP contribution in [0.15, 0.2) is 22.7 Å². The van der Waals surface area contributed by atoms with Gasteiger partial charge in [0.1, 0.15) is 0 Å². The molecule has 0 spiro atoms. The maximum absolute atomic E-state index is 13.2. The predicted octanol–water partition coefficient (Wildman–Crippen LogP) is 4.18. The van der Waals surface area contributed by atoms with Crippen LogP contribution in [0.25, 0.3) is 0 Å². The van der Waals surface area contributed by atoms with Crippen molar-refractivity contribution in [1.29, 1.82) is 0 Å². The number of rotatable bonds is 6. The Balaban J connectivity index is 1.52. The van der Waals surface area contributed by atoms with Crippen LogP contribution in [0.3, 0.4) is 0 Å². The van der Waals surface area contributed by atoms with Crippen LogP contribution in [0.4, 0.5) is 10.5 Å². The lowest BCUT2D eigenvalue weighted by atomic mass is 9.76. The van der Waals surface area contributed by atoms with Crippen LogP contribution in [-0.4, -0.2) is 61.1 Å². The third-order valence-electron chi connectivity index (χ3n) is 6.76. The van der Waals surface area contributed by atoms with Gasteiger partial charge in [-0.3, -0.25) is 0 Å². The third kappa shape index (κ3) is 4.96. The van der Waals surface area contributed by atoms with E-state index in [0.29, 0.717) is 31.4 Å². The number of likely N-dealkylation sites (tertiary alicyclic amines) is 1. The average molecular weight is 443 g/mol. The van der Waals surface area contributed by atoms with Crippen LogP contribution in [-0.2, 0) is 14.9 Å². The van der Waals surface area contributed by atoms with E-state index < -0.39 is 0 Å². The number of carbonyl (C=O) groups excluding carboxylic acids is 1. The normalized spacial score (nSPS) is 22.2. The van der Waals surface area contributed by atoms with E-state index in [1.807, 2.05) is 30.9 Å². The average Bonchev–Trinajstić information content (AvgIpc) is 3.31. The number of aromatic nitrogens is 2. The minimum Gasteiger partial charge on any atom is -0.385 e. The van der Waals surface area contributed by atoms with Crippen LogP contribution in [0, 0.1) is 13.8 Å². The molecule has 0 aliphatic carbocycles. The summed E-state index contributed by atoms with van der Waals surface area (Å²) in [6, 6.07) is 5.96. The molecule has 1 aromatic heterocycles. The number of urea groups is 1. The molecule has 1 atom stereocenters. The van der Waals surface area contributed by atoms with Crippen molar-refractivity contribution in [3.8, 4) is 0 Å². The summed E-state index contributed by atoms with van der Waals surface area (Å²) in [6.07, 6.45) is 4.32. The highest BCUT2D eigenvalue weighted by Crippen LogP contribution is 2.37. The van der Waals surface area contributed by atoms with Crippen molar-refractivity contribution < 1.29 is 18.8 Å². The number of carbonyl (C=O) groups is 1. The maximum Gasteiger partial charge on any atom is 0.321 e. The molecule has 2 amide bonds. The lowest BCUT2D eigenvalue weighted by Gasteiger charge is -2.40.